The number of esters is 1. The molecule has 1 unspecified atom stereocenters. The number of ether oxygens (including phenoxy) is 1. The average Bonchev–Trinajstić information content (AvgIpc) is 2.36. The van der Waals surface area contributed by atoms with Crippen molar-refractivity contribution in [3.63, 3.8) is 0 Å². The third-order valence-electron chi connectivity index (χ3n) is 2.49. The molecule has 0 radical (unpaired) electrons. The van der Waals surface area contributed by atoms with E-state index in [0.29, 0.717) is 12.2 Å². The molecular formula is C13H20N2O2. The van der Waals surface area contributed by atoms with E-state index in [1.165, 1.54) is 0 Å². The van der Waals surface area contributed by atoms with E-state index in [1.807, 2.05) is 6.07 Å². The minimum atomic E-state index is -0.412. The normalized spacial score (nSPS) is 12.2. The zero-order valence-corrected chi connectivity index (χ0v) is 10.5. The fourth-order valence-corrected chi connectivity index (χ4v) is 1.37. The number of nitrogens with two attached hydrogens (primary N) is 1. The molecule has 94 valence electrons. The SMILES string of the molecule is CCCCc1ccc(C(=O)OC(C)CN)nc1. The molecule has 0 saturated carbocycles. The van der Waals surface area contributed by atoms with E-state index in [9.17, 15) is 4.79 Å². The second-order valence-corrected chi connectivity index (χ2v) is 4.11. The van der Waals surface area contributed by atoms with Gasteiger partial charge in [-0.25, -0.2) is 9.78 Å². The van der Waals surface area contributed by atoms with Gasteiger partial charge in [0.15, 0.2) is 0 Å². The van der Waals surface area contributed by atoms with Crippen molar-refractivity contribution < 1.29 is 9.53 Å². The minimum absolute atomic E-state index is 0.274. The number of rotatable bonds is 6. The van der Waals surface area contributed by atoms with Gasteiger partial charge in [0, 0.05) is 12.7 Å². The molecule has 2 N–H and O–H groups in total. The number of aryl methyl sites for hydroxylation is 1. The largest absolute Gasteiger partial charge is 0.457 e. The highest BCUT2D eigenvalue weighted by atomic mass is 16.5. The fourth-order valence-electron chi connectivity index (χ4n) is 1.37. The number of hydrogen-bond donors (Lipinski definition) is 1. The maximum Gasteiger partial charge on any atom is 0.357 e. The summed E-state index contributed by atoms with van der Waals surface area (Å²) in [5, 5.41) is 0. The van der Waals surface area contributed by atoms with Crippen LogP contribution in [0.3, 0.4) is 0 Å². The van der Waals surface area contributed by atoms with Crippen molar-refractivity contribution in [2.75, 3.05) is 6.54 Å². The van der Waals surface area contributed by atoms with Gasteiger partial charge in [-0.15, -0.1) is 0 Å². The number of nitrogens with zero attached hydrogens (tertiary/aromatic N) is 1. The van der Waals surface area contributed by atoms with Crippen molar-refractivity contribution in [2.45, 2.75) is 39.2 Å². The Hall–Kier alpha value is -1.42. The van der Waals surface area contributed by atoms with Gasteiger partial charge < -0.3 is 10.5 Å². The van der Waals surface area contributed by atoms with E-state index in [2.05, 4.69) is 11.9 Å². The summed E-state index contributed by atoms with van der Waals surface area (Å²) in [5.41, 5.74) is 6.87. The Morgan fingerprint density at radius 1 is 1.53 bits per heavy atom. The van der Waals surface area contributed by atoms with Gasteiger partial charge in [-0.3, -0.25) is 0 Å². The van der Waals surface area contributed by atoms with Crippen molar-refractivity contribution in [3.8, 4) is 0 Å². The van der Waals surface area contributed by atoms with Gasteiger partial charge in [-0.1, -0.05) is 19.4 Å². The maximum atomic E-state index is 11.6. The molecule has 1 rings (SSSR count). The van der Waals surface area contributed by atoms with Crippen molar-refractivity contribution in [3.05, 3.63) is 29.6 Å². The van der Waals surface area contributed by atoms with Crippen molar-refractivity contribution in [2.24, 2.45) is 5.73 Å². The van der Waals surface area contributed by atoms with Gasteiger partial charge in [0.25, 0.3) is 0 Å². The highest BCUT2D eigenvalue weighted by molar-refractivity contribution is 5.87. The first-order valence-corrected chi connectivity index (χ1v) is 6.03. The summed E-state index contributed by atoms with van der Waals surface area (Å²) in [6.45, 7) is 4.22. The van der Waals surface area contributed by atoms with E-state index in [-0.39, 0.29) is 6.10 Å². The molecule has 0 bridgehead atoms. The van der Waals surface area contributed by atoms with E-state index >= 15 is 0 Å². The first kappa shape index (κ1) is 13.6. The minimum Gasteiger partial charge on any atom is -0.457 e. The van der Waals surface area contributed by atoms with Crippen LogP contribution in [-0.4, -0.2) is 23.6 Å². The number of carbonyl (C=O) groups is 1. The highest BCUT2D eigenvalue weighted by Gasteiger charge is 2.11. The van der Waals surface area contributed by atoms with Crippen LogP contribution in [0.2, 0.25) is 0 Å². The lowest BCUT2D eigenvalue weighted by Crippen LogP contribution is -2.24. The van der Waals surface area contributed by atoms with Crippen molar-refractivity contribution in [1.82, 2.24) is 4.98 Å². The monoisotopic (exact) mass is 236 g/mol. The molecule has 17 heavy (non-hydrogen) atoms. The first-order chi connectivity index (χ1) is 8.17. The molecule has 0 aliphatic rings. The van der Waals surface area contributed by atoms with Gasteiger partial charge in [0.2, 0.25) is 0 Å². The lowest BCUT2D eigenvalue weighted by atomic mass is 10.1. The van der Waals surface area contributed by atoms with E-state index < -0.39 is 5.97 Å². The second-order valence-electron chi connectivity index (χ2n) is 4.11. The number of carbonyl (C=O) groups excluding carboxylic acids is 1. The van der Waals surface area contributed by atoms with Gasteiger partial charge in [0.05, 0.1) is 0 Å². The Morgan fingerprint density at radius 3 is 2.82 bits per heavy atom. The van der Waals surface area contributed by atoms with Crippen LogP contribution in [0.15, 0.2) is 18.3 Å². The van der Waals surface area contributed by atoms with E-state index in [0.717, 1.165) is 24.8 Å². The van der Waals surface area contributed by atoms with Gasteiger partial charge in [0.1, 0.15) is 11.8 Å². The molecule has 1 atom stereocenters. The summed E-state index contributed by atoms with van der Waals surface area (Å²) in [6.07, 6.45) is 4.74. The van der Waals surface area contributed by atoms with Gasteiger partial charge in [-0.2, -0.15) is 0 Å². The van der Waals surface area contributed by atoms with E-state index in [4.69, 9.17) is 10.5 Å². The molecule has 0 fully saturated rings. The van der Waals surface area contributed by atoms with Crippen LogP contribution in [-0.2, 0) is 11.2 Å². The molecule has 1 heterocycles. The third kappa shape index (κ3) is 4.53. The Labute approximate surface area is 102 Å². The number of pyridine rings is 1. The Bertz CT molecular complexity index is 349. The maximum absolute atomic E-state index is 11.6. The topological polar surface area (TPSA) is 65.2 Å². The Kier molecular flexibility index (Phi) is 5.63. The molecule has 0 aliphatic carbocycles. The number of unbranched alkanes of at least 4 members (excludes halogenated alkanes) is 1. The van der Waals surface area contributed by atoms with Gasteiger partial charge in [-0.05, 0) is 31.4 Å². The summed E-state index contributed by atoms with van der Waals surface area (Å²) < 4.78 is 5.08. The van der Waals surface area contributed by atoms with Crippen LogP contribution in [0.5, 0.6) is 0 Å². The van der Waals surface area contributed by atoms with Crippen LogP contribution in [0.1, 0.15) is 42.7 Å². The Morgan fingerprint density at radius 2 is 2.29 bits per heavy atom. The summed E-state index contributed by atoms with van der Waals surface area (Å²) >= 11 is 0. The standard InChI is InChI=1S/C13H20N2O2/c1-3-4-5-11-6-7-12(15-9-11)13(16)17-10(2)8-14/h6-7,9-10H,3-5,8,14H2,1-2H3. The van der Waals surface area contributed by atoms with Crippen LogP contribution in [0.4, 0.5) is 0 Å². The van der Waals surface area contributed by atoms with Crippen LogP contribution in [0.25, 0.3) is 0 Å². The smallest absolute Gasteiger partial charge is 0.357 e. The van der Waals surface area contributed by atoms with Gasteiger partial charge >= 0.3 is 5.97 Å². The molecule has 0 aliphatic heterocycles. The van der Waals surface area contributed by atoms with Crippen molar-refractivity contribution in [1.29, 1.82) is 0 Å². The summed E-state index contributed by atoms with van der Waals surface area (Å²) in [6, 6.07) is 3.63. The average molecular weight is 236 g/mol. The molecular weight excluding hydrogens is 216 g/mol. The molecule has 1 aromatic rings. The predicted molar refractivity (Wildman–Crippen MR) is 66.8 cm³/mol. The molecule has 1 aromatic heterocycles. The van der Waals surface area contributed by atoms with Crippen LogP contribution < -0.4 is 5.73 Å². The number of aromatic nitrogens is 1. The summed E-state index contributed by atoms with van der Waals surface area (Å²) in [7, 11) is 0. The third-order valence-corrected chi connectivity index (χ3v) is 2.49. The van der Waals surface area contributed by atoms with Crippen molar-refractivity contribution >= 4 is 5.97 Å². The van der Waals surface area contributed by atoms with Crippen LogP contribution >= 0.6 is 0 Å². The van der Waals surface area contributed by atoms with Crippen LogP contribution in [0, 0.1) is 0 Å². The summed E-state index contributed by atoms with van der Waals surface area (Å²) in [5.74, 6) is -0.412. The quantitative estimate of drug-likeness (QED) is 0.766. The zero-order chi connectivity index (χ0) is 12.7. The number of hydrogen-bond acceptors (Lipinski definition) is 4. The first-order valence-electron chi connectivity index (χ1n) is 6.03. The predicted octanol–water partition coefficient (Wildman–Crippen LogP) is 1.93. The van der Waals surface area contributed by atoms with E-state index in [1.54, 1.807) is 19.2 Å². The molecule has 0 aromatic carbocycles. The molecule has 4 nitrogen and oxygen atoms in total. The lowest BCUT2D eigenvalue weighted by Gasteiger charge is -2.10. The fraction of sp³-hybridized carbons (Fsp3) is 0.538. The Balaban J connectivity index is 2.57. The second kappa shape index (κ2) is 7.01. The molecule has 4 heteroatoms. The summed E-state index contributed by atoms with van der Waals surface area (Å²) in [4.78, 5) is 15.7. The molecule has 0 amide bonds. The molecule has 0 spiro atoms. The highest BCUT2D eigenvalue weighted by Crippen LogP contribution is 2.06. The lowest BCUT2D eigenvalue weighted by molar-refractivity contribution is 0.0352. The zero-order valence-electron chi connectivity index (χ0n) is 10.5. The molecule has 0 saturated heterocycles.